The first-order valence-corrected chi connectivity index (χ1v) is 8.49. The van der Waals surface area contributed by atoms with Crippen LogP contribution in [-0.4, -0.2) is 53.8 Å². The summed E-state index contributed by atoms with van der Waals surface area (Å²) in [5, 5.41) is 13.9. The molecule has 3 rings (SSSR count). The van der Waals surface area contributed by atoms with Crippen LogP contribution in [0.5, 0.6) is 0 Å². The van der Waals surface area contributed by atoms with Gasteiger partial charge in [0.2, 0.25) is 11.8 Å². The average Bonchev–Trinajstić information content (AvgIpc) is 3.26. The molecule has 0 aliphatic carbocycles. The molecule has 0 radical (unpaired) electrons. The van der Waals surface area contributed by atoms with E-state index < -0.39 is 30.5 Å². The summed E-state index contributed by atoms with van der Waals surface area (Å²) in [6.07, 6.45) is 0.376. The number of aromatic amines is 1. The highest BCUT2D eigenvalue weighted by atomic mass is 19.1. The van der Waals surface area contributed by atoms with E-state index in [2.05, 4.69) is 15.6 Å². The van der Waals surface area contributed by atoms with E-state index in [1.807, 2.05) is 0 Å². The quantitative estimate of drug-likeness (QED) is 0.590. The molecule has 0 saturated carbocycles. The fourth-order valence-electron chi connectivity index (χ4n) is 2.86. The smallest absolute Gasteiger partial charge is 0.414 e. The maximum Gasteiger partial charge on any atom is 0.414 e. The van der Waals surface area contributed by atoms with Crippen LogP contribution in [-0.2, 0) is 14.3 Å². The van der Waals surface area contributed by atoms with Gasteiger partial charge in [0.1, 0.15) is 18.5 Å². The molecule has 148 valence electrons. The van der Waals surface area contributed by atoms with Crippen molar-refractivity contribution in [2.75, 3.05) is 29.9 Å². The maximum atomic E-state index is 14.7. The van der Waals surface area contributed by atoms with Gasteiger partial charge in [0, 0.05) is 18.7 Å². The first-order chi connectivity index (χ1) is 13.4. The lowest BCUT2D eigenvalue weighted by Gasteiger charge is -2.15. The fourth-order valence-corrected chi connectivity index (χ4v) is 2.86. The van der Waals surface area contributed by atoms with E-state index in [-0.39, 0.29) is 24.6 Å². The Bertz CT molecular complexity index is 913. The van der Waals surface area contributed by atoms with Crippen LogP contribution in [0, 0.1) is 5.82 Å². The number of hydrogen-bond acceptors (Lipinski definition) is 5. The molecule has 3 amide bonds. The molecule has 10 heteroatoms. The van der Waals surface area contributed by atoms with Gasteiger partial charge < -0.3 is 25.5 Å². The number of rotatable bonds is 6. The highest BCUT2D eigenvalue weighted by molar-refractivity contribution is 5.96. The number of benzene rings is 1. The van der Waals surface area contributed by atoms with E-state index in [1.165, 1.54) is 30.2 Å². The Hall–Kier alpha value is -3.40. The second-order valence-corrected chi connectivity index (χ2v) is 6.19. The Labute approximate surface area is 159 Å². The number of carbonyl (C=O) groups excluding carboxylic acids is 3. The van der Waals surface area contributed by atoms with Gasteiger partial charge in [-0.05, 0) is 24.3 Å². The second-order valence-electron chi connectivity index (χ2n) is 6.19. The number of anilines is 2. The zero-order valence-corrected chi connectivity index (χ0v) is 15.0. The lowest BCUT2D eigenvalue weighted by atomic mass is 10.1. The summed E-state index contributed by atoms with van der Waals surface area (Å²) in [6, 6.07) is 5.76. The van der Waals surface area contributed by atoms with Gasteiger partial charge in [0.15, 0.2) is 0 Å². The summed E-state index contributed by atoms with van der Waals surface area (Å²) in [4.78, 5) is 38.5. The predicted molar refractivity (Wildman–Crippen MR) is 98.2 cm³/mol. The second kappa shape index (κ2) is 8.09. The van der Waals surface area contributed by atoms with Crippen LogP contribution in [0.25, 0.3) is 11.3 Å². The number of nitrogens with zero attached hydrogens (tertiary/aromatic N) is 1. The third kappa shape index (κ3) is 4.12. The molecule has 1 aliphatic heterocycles. The molecule has 1 aromatic carbocycles. The van der Waals surface area contributed by atoms with Crippen LogP contribution in [0.3, 0.4) is 0 Å². The summed E-state index contributed by atoms with van der Waals surface area (Å²) < 4.78 is 19.9. The number of nitrogens with one attached hydrogen (secondary N) is 3. The van der Waals surface area contributed by atoms with Crippen molar-refractivity contribution < 1.29 is 28.6 Å². The van der Waals surface area contributed by atoms with Crippen molar-refractivity contribution >= 4 is 29.3 Å². The van der Waals surface area contributed by atoms with E-state index in [1.54, 1.807) is 12.1 Å². The predicted octanol–water partition coefficient (Wildman–Crippen LogP) is 1.21. The minimum Gasteiger partial charge on any atom is -0.442 e. The molecule has 1 saturated heterocycles. The van der Waals surface area contributed by atoms with Gasteiger partial charge in [-0.2, -0.15) is 0 Å². The number of aliphatic hydroxyl groups excluding tert-OH is 1. The Morgan fingerprint density at radius 1 is 1.39 bits per heavy atom. The molecule has 4 N–H and O–H groups in total. The normalized spacial score (nSPS) is 16.0. The SMILES string of the molecule is CC(=O)NCC1CN(c2ccc(-c3[nH]ccc3NC(=O)CO)c(F)c2)C(=O)O1. The number of aromatic nitrogens is 1. The van der Waals surface area contributed by atoms with E-state index >= 15 is 0 Å². The molecule has 9 nitrogen and oxygen atoms in total. The fraction of sp³-hybridized carbons (Fsp3) is 0.278. The van der Waals surface area contributed by atoms with Crippen molar-refractivity contribution in [1.29, 1.82) is 0 Å². The van der Waals surface area contributed by atoms with Crippen molar-refractivity contribution in [2.45, 2.75) is 13.0 Å². The number of amides is 3. The van der Waals surface area contributed by atoms with E-state index in [4.69, 9.17) is 9.84 Å². The molecule has 2 heterocycles. The third-order valence-corrected chi connectivity index (χ3v) is 4.15. The largest absolute Gasteiger partial charge is 0.442 e. The maximum absolute atomic E-state index is 14.7. The van der Waals surface area contributed by atoms with Crippen LogP contribution in [0.1, 0.15) is 6.92 Å². The topological polar surface area (TPSA) is 124 Å². The molecule has 1 atom stereocenters. The van der Waals surface area contributed by atoms with Gasteiger partial charge in [-0.15, -0.1) is 0 Å². The summed E-state index contributed by atoms with van der Waals surface area (Å²) in [6.45, 7) is 1.02. The molecule has 1 aromatic heterocycles. The van der Waals surface area contributed by atoms with Crippen molar-refractivity contribution in [3.05, 3.63) is 36.3 Å². The molecule has 0 spiro atoms. The Morgan fingerprint density at radius 2 is 2.18 bits per heavy atom. The van der Waals surface area contributed by atoms with E-state index in [9.17, 15) is 18.8 Å². The minimum atomic E-state index is -0.692. The summed E-state index contributed by atoms with van der Waals surface area (Å²) in [7, 11) is 0. The molecule has 0 bridgehead atoms. The van der Waals surface area contributed by atoms with Crippen molar-refractivity contribution in [3.63, 3.8) is 0 Å². The number of H-pyrrole nitrogens is 1. The van der Waals surface area contributed by atoms with Gasteiger partial charge in [0.05, 0.1) is 30.2 Å². The number of ether oxygens (including phenoxy) is 1. The Kier molecular flexibility index (Phi) is 5.59. The van der Waals surface area contributed by atoms with Crippen molar-refractivity contribution in [1.82, 2.24) is 10.3 Å². The molecule has 1 unspecified atom stereocenters. The number of halogens is 1. The molecule has 1 fully saturated rings. The Morgan fingerprint density at radius 3 is 2.86 bits per heavy atom. The standard InChI is InChI=1S/C18H19FN4O5/c1-10(25)21-7-12-8-23(18(27)28-12)11-2-3-13(14(19)6-11)17-15(4-5-20-17)22-16(26)9-24/h2-6,12,20,24H,7-9H2,1H3,(H,21,25)(H,22,26). The first-order valence-electron chi connectivity index (χ1n) is 8.49. The molecular formula is C18H19FN4O5. The Balaban J connectivity index is 1.78. The van der Waals surface area contributed by atoms with Gasteiger partial charge in [-0.25, -0.2) is 9.18 Å². The highest BCUT2D eigenvalue weighted by Crippen LogP contribution is 2.32. The van der Waals surface area contributed by atoms with Gasteiger partial charge in [-0.1, -0.05) is 0 Å². The van der Waals surface area contributed by atoms with Crippen LogP contribution in [0.15, 0.2) is 30.5 Å². The van der Waals surface area contributed by atoms with Gasteiger partial charge >= 0.3 is 6.09 Å². The van der Waals surface area contributed by atoms with Gasteiger partial charge in [0.25, 0.3) is 0 Å². The molecule has 28 heavy (non-hydrogen) atoms. The van der Waals surface area contributed by atoms with E-state index in [0.29, 0.717) is 17.1 Å². The summed E-state index contributed by atoms with van der Waals surface area (Å²) in [5.41, 5.74) is 1.15. The minimum absolute atomic E-state index is 0.175. The highest BCUT2D eigenvalue weighted by Gasteiger charge is 2.32. The monoisotopic (exact) mass is 390 g/mol. The lowest BCUT2D eigenvalue weighted by Crippen LogP contribution is -2.33. The number of hydrogen-bond donors (Lipinski definition) is 4. The van der Waals surface area contributed by atoms with Crippen LogP contribution in [0.4, 0.5) is 20.6 Å². The molecular weight excluding hydrogens is 371 g/mol. The van der Waals surface area contributed by atoms with Crippen LogP contribution in [0.2, 0.25) is 0 Å². The number of aliphatic hydroxyl groups is 1. The summed E-state index contributed by atoms with van der Waals surface area (Å²) >= 11 is 0. The number of cyclic esters (lactones) is 1. The van der Waals surface area contributed by atoms with E-state index in [0.717, 1.165) is 0 Å². The zero-order valence-electron chi connectivity index (χ0n) is 15.0. The van der Waals surface area contributed by atoms with Crippen molar-refractivity contribution in [3.8, 4) is 11.3 Å². The summed E-state index contributed by atoms with van der Waals surface area (Å²) in [5.74, 6) is -1.47. The number of carbonyl (C=O) groups is 3. The molecule has 2 aromatic rings. The van der Waals surface area contributed by atoms with Crippen LogP contribution < -0.4 is 15.5 Å². The first kappa shape index (κ1) is 19.4. The van der Waals surface area contributed by atoms with Gasteiger partial charge in [-0.3, -0.25) is 14.5 Å². The lowest BCUT2D eigenvalue weighted by molar-refractivity contribution is -0.119. The zero-order chi connectivity index (χ0) is 20.3. The van der Waals surface area contributed by atoms with Crippen molar-refractivity contribution in [2.24, 2.45) is 0 Å². The third-order valence-electron chi connectivity index (χ3n) is 4.15. The van der Waals surface area contributed by atoms with Crippen LogP contribution >= 0.6 is 0 Å². The molecule has 1 aliphatic rings. The average molecular weight is 390 g/mol.